The predicted octanol–water partition coefficient (Wildman–Crippen LogP) is 2.24. The molecular weight excluding hydrogens is 262 g/mol. The summed E-state index contributed by atoms with van der Waals surface area (Å²) >= 11 is 0. The topological polar surface area (TPSA) is 35.6 Å². The van der Waals surface area contributed by atoms with Crippen LogP contribution in [0.3, 0.4) is 0 Å². The molecule has 1 amide bonds. The zero-order valence-corrected chi connectivity index (χ0v) is 14.1. The fraction of sp³-hybridized carbons (Fsp3) is 0.941. The van der Waals surface area contributed by atoms with Gasteiger partial charge in [-0.1, -0.05) is 6.92 Å². The van der Waals surface area contributed by atoms with Gasteiger partial charge in [0, 0.05) is 24.7 Å². The van der Waals surface area contributed by atoms with Crippen molar-refractivity contribution in [2.75, 3.05) is 26.2 Å². The number of carbonyl (C=O) groups excluding carboxylic acids is 1. The third-order valence-corrected chi connectivity index (χ3v) is 5.12. The lowest BCUT2D eigenvalue weighted by Gasteiger charge is -2.41. The number of amides is 1. The van der Waals surface area contributed by atoms with Gasteiger partial charge in [-0.15, -0.1) is 0 Å². The van der Waals surface area contributed by atoms with E-state index in [1.54, 1.807) is 0 Å². The van der Waals surface area contributed by atoms with Crippen LogP contribution in [-0.4, -0.2) is 60.0 Å². The lowest BCUT2D eigenvalue weighted by Crippen LogP contribution is -2.54. The van der Waals surface area contributed by atoms with E-state index in [-0.39, 0.29) is 0 Å². The van der Waals surface area contributed by atoms with Crippen LogP contribution in [-0.2, 0) is 4.79 Å². The normalized spacial score (nSPS) is 30.7. The Morgan fingerprint density at radius 3 is 2.48 bits per heavy atom. The molecule has 2 aliphatic rings. The van der Waals surface area contributed by atoms with E-state index in [2.05, 4.69) is 35.9 Å². The predicted molar refractivity (Wildman–Crippen MR) is 87.4 cm³/mol. The molecule has 1 N–H and O–H groups in total. The van der Waals surface area contributed by atoms with Gasteiger partial charge in [-0.25, -0.2) is 0 Å². The van der Waals surface area contributed by atoms with Crippen molar-refractivity contribution in [3.8, 4) is 0 Å². The second kappa shape index (κ2) is 8.14. The first kappa shape index (κ1) is 16.8. The Bertz CT molecular complexity index is 318. The highest BCUT2D eigenvalue weighted by molar-refractivity contribution is 5.79. The SMILES string of the molecule is CCCN(CC(=O)N1C(C)CCCC1C)C1CCCNC1. The van der Waals surface area contributed by atoms with Crippen molar-refractivity contribution in [3.05, 3.63) is 0 Å². The highest BCUT2D eigenvalue weighted by atomic mass is 16.2. The maximum Gasteiger partial charge on any atom is 0.237 e. The van der Waals surface area contributed by atoms with Crippen molar-refractivity contribution in [2.24, 2.45) is 0 Å². The Morgan fingerprint density at radius 1 is 1.19 bits per heavy atom. The number of hydrogen-bond donors (Lipinski definition) is 1. The van der Waals surface area contributed by atoms with Crippen LogP contribution in [0, 0.1) is 0 Å². The largest absolute Gasteiger partial charge is 0.336 e. The highest BCUT2D eigenvalue weighted by Gasteiger charge is 2.31. The van der Waals surface area contributed by atoms with Crippen molar-refractivity contribution in [1.29, 1.82) is 0 Å². The van der Waals surface area contributed by atoms with Gasteiger partial charge in [-0.3, -0.25) is 9.69 Å². The molecule has 3 atom stereocenters. The van der Waals surface area contributed by atoms with Crippen molar-refractivity contribution in [2.45, 2.75) is 77.4 Å². The second-order valence-electron chi connectivity index (χ2n) is 6.90. The van der Waals surface area contributed by atoms with Crippen LogP contribution in [0.25, 0.3) is 0 Å². The van der Waals surface area contributed by atoms with Gasteiger partial charge < -0.3 is 10.2 Å². The van der Waals surface area contributed by atoms with E-state index >= 15 is 0 Å². The number of carbonyl (C=O) groups is 1. The van der Waals surface area contributed by atoms with E-state index in [1.165, 1.54) is 19.3 Å². The number of hydrogen-bond acceptors (Lipinski definition) is 3. The number of nitrogens with one attached hydrogen (secondary N) is 1. The summed E-state index contributed by atoms with van der Waals surface area (Å²) in [7, 11) is 0. The molecule has 2 heterocycles. The molecule has 2 rings (SSSR count). The van der Waals surface area contributed by atoms with Crippen LogP contribution in [0.5, 0.6) is 0 Å². The summed E-state index contributed by atoms with van der Waals surface area (Å²) in [6.07, 6.45) is 7.16. The molecule has 21 heavy (non-hydrogen) atoms. The molecule has 4 nitrogen and oxygen atoms in total. The van der Waals surface area contributed by atoms with Gasteiger partial charge in [-0.05, 0) is 65.5 Å². The number of likely N-dealkylation sites (tertiary alicyclic amines) is 1. The Hall–Kier alpha value is -0.610. The summed E-state index contributed by atoms with van der Waals surface area (Å²) < 4.78 is 0. The van der Waals surface area contributed by atoms with Crippen molar-refractivity contribution >= 4 is 5.91 Å². The van der Waals surface area contributed by atoms with Crippen LogP contribution in [0.1, 0.15) is 59.3 Å². The zero-order chi connectivity index (χ0) is 15.2. The first-order chi connectivity index (χ1) is 10.1. The molecule has 0 aromatic carbocycles. The molecule has 2 aliphatic heterocycles. The third kappa shape index (κ3) is 4.43. The van der Waals surface area contributed by atoms with Crippen LogP contribution in [0.15, 0.2) is 0 Å². The molecule has 0 spiro atoms. The average Bonchev–Trinajstić information content (AvgIpc) is 2.47. The second-order valence-corrected chi connectivity index (χ2v) is 6.90. The smallest absolute Gasteiger partial charge is 0.237 e. The third-order valence-electron chi connectivity index (χ3n) is 5.12. The molecule has 0 aromatic rings. The number of piperidine rings is 2. The summed E-state index contributed by atoms with van der Waals surface area (Å²) in [6, 6.07) is 1.36. The molecule has 2 saturated heterocycles. The summed E-state index contributed by atoms with van der Waals surface area (Å²) in [5.41, 5.74) is 0. The lowest BCUT2D eigenvalue weighted by molar-refractivity contribution is -0.139. The summed E-state index contributed by atoms with van der Waals surface area (Å²) in [5, 5.41) is 3.48. The minimum absolute atomic E-state index is 0.341. The maximum absolute atomic E-state index is 12.8. The zero-order valence-electron chi connectivity index (χ0n) is 14.1. The fourth-order valence-electron chi connectivity index (χ4n) is 3.99. The van der Waals surface area contributed by atoms with Crippen LogP contribution >= 0.6 is 0 Å². The molecular formula is C17H33N3O. The molecule has 0 aliphatic carbocycles. The van der Waals surface area contributed by atoms with Crippen molar-refractivity contribution in [3.63, 3.8) is 0 Å². The summed E-state index contributed by atoms with van der Waals surface area (Å²) in [6.45, 7) is 10.4. The molecule has 2 fully saturated rings. The summed E-state index contributed by atoms with van der Waals surface area (Å²) in [4.78, 5) is 17.4. The van der Waals surface area contributed by atoms with Gasteiger partial charge in [0.05, 0.1) is 6.54 Å². The number of rotatable bonds is 5. The number of nitrogens with zero attached hydrogens (tertiary/aromatic N) is 2. The van der Waals surface area contributed by atoms with E-state index in [1.807, 2.05) is 0 Å². The van der Waals surface area contributed by atoms with Gasteiger partial charge in [0.15, 0.2) is 0 Å². The average molecular weight is 295 g/mol. The minimum atomic E-state index is 0.341. The monoisotopic (exact) mass is 295 g/mol. The van der Waals surface area contributed by atoms with Crippen LogP contribution in [0.2, 0.25) is 0 Å². The van der Waals surface area contributed by atoms with Crippen LogP contribution < -0.4 is 5.32 Å². The Balaban J connectivity index is 1.96. The van der Waals surface area contributed by atoms with E-state index < -0.39 is 0 Å². The Labute approximate surface area is 130 Å². The van der Waals surface area contributed by atoms with Gasteiger partial charge in [0.25, 0.3) is 0 Å². The fourth-order valence-corrected chi connectivity index (χ4v) is 3.99. The van der Waals surface area contributed by atoms with E-state index in [0.717, 1.165) is 38.9 Å². The Kier molecular flexibility index (Phi) is 6.49. The molecule has 0 aromatic heterocycles. The molecule has 4 heteroatoms. The molecule has 0 radical (unpaired) electrons. The van der Waals surface area contributed by atoms with Gasteiger partial charge in [0.2, 0.25) is 5.91 Å². The molecule has 122 valence electrons. The lowest BCUT2D eigenvalue weighted by atomic mass is 9.97. The molecule has 0 saturated carbocycles. The van der Waals surface area contributed by atoms with E-state index in [9.17, 15) is 4.79 Å². The first-order valence-electron chi connectivity index (χ1n) is 8.89. The van der Waals surface area contributed by atoms with Gasteiger partial charge >= 0.3 is 0 Å². The van der Waals surface area contributed by atoms with E-state index in [0.29, 0.717) is 30.6 Å². The van der Waals surface area contributed by atoms with Gasteiger partial charge in [0.1, 0.15) is 0 Å². The maximum atomic E-state index is 12.8. The van der Waals surface area contributed by atoms with E-state index in [4.69, 9.17) is 0 Å². The highest BCUT2D eigenvalue weighted by Crippen LogP contribution is 2.23. The summed E-state index contributed by atoms with van der Waals surface area (Å²) in [5.74, 6) is 0.341. The van der Waals surface area contributed by atoms with Gasteiger partial charge in [-0.2, -0.15) is 0 Å². The molecule has 3 unspecified atom stereocenters. The first-order valence-corrected chi connectivity index (χ1v) is 8.89. The minimum Gasteiger partial charge on any atom is -0.336 e. The van der Waals surface area contributed by atoms with Crippen molar-refractivity contribution in [1.82, 2.24) is 15.1 Å². The Morgan fingerprint density at radius 2 is 1.90 bits per heavy atom. The standard InChI is InChI=1S/C17H33N3O/c1-4-11-19(16-9-6-10-18-12-16)13-17(21)20-14(2)7-5-8-15(20)3/h14-16,18H,4-13H2,1-3H3. The molecule has 0 bridgehead atoms. The van der Waals surface area contributed by atoms with Crippen LogP contribution in [0.4, 0.5) is 0 Å². The van der Waals surface area contributed by atoms with Crippen molar-refractivity contribution < 1.29 is 4.79 Å². The quantitative estimate of drug-likeness (QED) is 0.845.